The molecule has 1 aliphatic rings. The molecule has 21 heavy (non-hydrogen) atoms. The van der Waals surface area contributed by atoms with E-state index in [0.29, 0.717) is 11.9 Å². The Balaban J connectivity index is 2.10. The van der Waals surface area contributed by atoms with Crippen LogP contribution in [-0.4, -0.2) is 65.3 Å². The van der Waals surface area contributed by atoms with Crippen molar-refractivity contribution in [3.63, 3.8) is 0 Å². The Hall–Kier alpha value is -0.980. The van der Waals surface area contributed by atoms with Gasteiger partial charge in [0.15, 0.2) is 5.82 Å². The minimum Gasteiger partial charge on any atom is -0.339 e. The highest BCUT2D eigenvalue weighted by Crippen LogP contribution is 2.31. The van der Waals surface area contributed by atoms with E-state index in [1.165, 1.54) is 0 Å². The van der Waals surface area contributed by atoms with Gasteiger partial charge in [-0.1, -0.05) is 5.16 Å². The number of piperazine rings is 1. The predicted octanol–water partition coefficient (Wildman–Crippen LogP) is 0.873. The van der Waals surface area contributed by atoms with Crippen molar-refractivity contribution < 1.29 is 4.52 Å². The number of hydrogen-bond donors (Lipinski definition) is 1. The van der Waals surface area contributed by atoms with Crippen molar-refractivity contribution in [2.75, 3.05) is 33.7 Å². The van der Waals surface area contributed by atoms with Crippen LogP contribution >= 0.6 is 0 Å². The van der Waals surface area contributed by atoms with Crippen molar-refractivity contribution in [2.24, 2.45) is 5.73 Å². The average molecular weight is 295 g/mol. The standard InChI is InChI=1S/C15H29N5O/c1-14(2,15(3,4)16)13-17-12(18-21-13)9-11-10-19(5)7-8-20(11)6/h11H,7-10,16H2,1-6H3. The molecule has 2 rings (SSSR count). The zero-order chi connectivity index (χ0) is 15.8. The first kappa shape index (κ1) is 16.4. The number of nitrogens with zero attached hydrogens (tertiary/aromatic N) is 4. The summed E-state index contributed by atoms with van der Waals surface area (Å²) in [5.74, 6) is 1.39. The van der Waals surface area contributed by atoms with Crippen LogP contribution in [-0.2, 0) is 11.8 Å². The Morgan fingerprint density at radius 1 is 1.24 bits per heavy atom. The van der Waals surface area contributed by atoms with Crippen LogP contribution in [0.2, 0.25) is 0 Å². The van der Waals surface area contributed by atoms with Gasteiger partial charge in [0.1, 0.15) is 0 Å². The largest absolute Gasteiger partial charge is 0.339 e. The molecule has 6 nitrogen and oxygen atoms in total. The first-order valence-electron chi connectivity index (χ1n) is 7.62. The van der Waals surface area contributed by atoms with Gasteiger partial charge < -0.3 is 20.1 Å². The molecule has 0 radical (unpaired) electrons. The van der Waals surface area contributed by atoms with Crippen LogP contribution in [0.3, 0.4) is 0 Å². The van der Waals surface area contributed by atoms with Gasteiger partial charge in [0, 0.05) is 37.6 Å². The molecule has 1 aromatic rings. The Morgan fingerprint density at radius 3 is 2.52 bits per heavy atom. The quantitative estimate of drug-likeness (QED) is 0.889. The molecule has 1 unspecified atom stereocenters. The van der Waals surface area contributed by atoms with Crippen LogP contribution in [0.1, 0.15) is 39.4 Å². The summed E-state index contributed by atoms with van der Waals surface area (Å²) in [4.78, 5) is 9.31. The van der Waals surface area contributed by atoms with Gasteiger partial charge in [-0.2, -0.15) is 4.98 Å². The second-order valence-corrected chi connectivity index (χ2v) is 7.46. The summed E-state index contributed by atoms with van der Waals surface area (Å²) in [7, 11) is 4.31. The number of likely N-dealkylation sites (N-methyl/N-ethyl adjacent to an activating group) is 2. The smallest absolute Gasteiger partial charge is 0.234 e. The monoisotopic (exact) mass is 295 g/mol. The van der Waals surface area contributed by atoms with Crippen molar-refractivity contribution in [2.45, 2.75) is 51.1 Å². The van der Waals surface area contributed by atoms with Crippen molar-refractivity contribution in [3.8, 4) is 0 Å². The molecule has 2 N–H and O–H groups in total. The van der Waals surface area contributed by atoms with E-state index < -0.39 is 5.54 Å². The van der Waals surface area contributed by atoms with E-state index in [9.17, 15) is 0 Å². The second kappa shape index (κ2) is 5.66. The minimum absolute atomic E-state index is 0.354. The molecular formula is C15H29N5O. The lowest BCUT2D eigenvalue weighted by Crippen LogP contribution is -2.51. The Labute approximate surface area is 127 Å². The maximum Gasteiger partial charge on any atom is 0.234 e. The molecule has 0 amide bonds. The normalized spacial score (nSPS) is 22.7. The van der Waals surface area contributed by atoms with E-state index >= 15 is 0 Å². The summed E-state index contributed by atoms with van der Waals surface area (Å²) in [5, 5.41) is 4.16. The molecule has 0 aromatic carbocycles. The molecule has 1 aliphatic heterocycles. The highest BCUT2D eigenvalue weighted by atomic mass is 16.5. The highest BCUT2D eigenvalue weighted by molar-refractivity contribution is 5.11. The van der Waals surface area contributed by atoms with Crippen molar-refractivity contribution in [1.29, 1.82) is 0 Å². The molecule has 0 saturated carbocycles. The van der Waals surface area contributed by atoms with Gasteiger partial charge in [-0.25, -0.2) is 0 Å². The fourth-order valence-electron chi connectivity index (χ4n) is 2.40. The zero-order valence-corrected chi connectivity index (χ0v) is 14.2. The maximum absolute atomic E-state index is 6.24. The van der Waals surface area contributed by atoms with E-state index in [-0.39, 0.29) is 5.41 Å². The fourth-order valence-corrected chi connectivity index (χ4v) is 2.40. The summed E-state index contributed by atoms with van der Waals surface area (Å²) in [5.41, 5.74) is 5.46. The van der Waals surface area contributed by atoms with Gasteiger partial charge in [0.05, 0.1) is 5.41 Å². The first-order valence-corrected chi connectivity index (χ1v) is 7.62. The molecule has 1 aromatic heterocycles. The number of nitrogens with two attached hydrogens (primary N) is 1. The molecule has 1 fully saturated rings. The topological polar surface area (TPSA) is 71.4 Å². The highest BCUT2D eigenvalue weighted by Gasteiger charge is 2.40. The molecule has 120 valence electrons. The summed E-state index contributed by atoms with van der Waals surface area (Å²) >= 11 is 0. The number of rotatable bonds is 4. The van der Waals surface area contributed by atoms with Crippen molar-refractivity contribution in [3.05, 3.63) is 11.7 Å². The number of hydrogen-bond acceptors (Lipinski definition) is 6. The molecular weight excluding hydrogens is 266 g/mol. The predicted molar refractivity (Wildman–Crippen MR) is 83.2 cm³/mol. The number of aromatic nitrogens is 2. The summed E-state index contributed by atoms with van der Waals surface area (Å²) in [6.07, 6.45) is 0.811. The minimum atomic E-state index is -0.418. The molecule has 1 saturated heterocycles. The van der Waals surface area contributed by atoms with Crippen LogP contribution in [0, 0.1) is 0 Å². The third-order valence-corrected chi connectivity index (χ3v) is 5.01. The fraction of sp³-hybridized carbons (Fsp3) is 0.867. The van der Waals surface area contributed by atoms with Gasteiger partial charge in [0.2, 0.25) is 5.89 Å². The average Bonchev–Trinajstić information content (AvgIpc) is 2.81. The van der Waals surface area contributed by atoms with E-state index in [4.69, 9.17) is 10.3 Å². The van der Waals surface area contributed by atoms with Gasteiger partial charge in [-0.3, -0.25) is 0 Å². The Morgan fingerprint density at radius 2 is 1.90 bits per heavy atom. The van der Waals surface area contributed by atoms with Crippen molar-refractivity contribution >= 4 is 0 Å². The van der Waals surface area contributed by atoms with E-state index in [2.05, 4.69) is 34.0 Å². The molecule has 1 atom stereocenters. The van der Waals surface area contributed by atoms with Gasteiger partial charge in [-0.15, -0.1) is 0 Å². The van der Waals surface area contributed by atoms with E-state index in [1.54, 1.807) is 0 Å². The van der Waals surface area contributed by atoms with E-state index in [1.807, 2.05) is 27.7 Å². The first-order chi connectivity index (χ1) is 9.61. The van der Waals surface area contributed by atoms with Crippen LogP contribution < -0.4 is 5.73 Å². The van der Waals surface area contributed by atoms with Crippen LogP contribution in [0.4, 0.5) is 0 Å². The Kier molecular flexibility index (Phi) is 4.42. The summed E-state index contributed by atoms with van der Waals surface area (Å²) in [6.45, 7) is 11.3. The molecule has 6 heteroatoms. The molecule has 0 aliphatic carbocycles. The SMILES string of the molecule is CN1CCN(C)C(Cc2noc(C(C)(C)C(C)(C)N)n2)C1. The lowest BCUT2D eigenvalue weighted by molar-refractivity contribution is 0.113. The van der Waals surface area contributed by atoms with Gasteiger partial charge in [-0.05, 0) is 41.8 Å². The van der Waals surface area contributed by atoms with Gasteiger partial charge >= 0.3 is 0 Å². The molecule has 0 bridgehead atoms. The lowest BCUT2D eigenvalue weighted by atomic mass is 9.75. The lowest BCUT2D eigenvalue weighted by Gasteiger charge is -2.37. The van der Waals surface area contributed by atoms with Crippen molar-refractivity contribution in [1.82, 2.24) is 19.9 Å². The summed E-state index contributed by atoms with van der Waals surface area (Å²) in [6, 6.07) is 0.434. The van der Waals surface area contributed by atoms with Crippen LogP contribution in [0.25, 0.3) is 0 Å². The maximum atomic E-state index is 6.24. The Bertz CT molecular complexity index is 477. The molecule has 2 heterocycles. The van der Waals surface area contributed by atoms with E-state index in [0.717, 1.165) is 31.9 Å². The zero-order valence-electron chi connectivity index (χ0n) is 14.2. The molecule has 0 spiro atoms. The third kappa shape index (κ3) is 3.44. The van der Waals surface area contributed by atoms with Crippen LogP contribution in [0.5, 0.6) is 0 Å². The third-order valence-electron chi connectivity index (χ3n) is 5.01. The van der Waals surface area contributed by atoms with Gasteiger partial charge in [0.25, 0.3) is 0 Å². The summed E-state index contributed by atoms with van der Waals surface area (Å²) < 4.78 is 5.49. The second-order valence-electron chi connectivity index (χ2n) is 7.46. The van der Waals surface area contributed by atoms with Crippen LogP contribution in [0.15, 0.2) is 4.52 Å².